The van der Waals surface area contributed by atoms with Crippen LogP contribution in [0.1, 0.15) is 43.0 Å². The minimum atomic E-state index is -0.804. The van der Waals surface area contributed by atoms with Gasteiger partial charge in [-0.2, -0.15) is 0 Å². The van der Waals surface area contributed by atoms with Gasteiger partial charge in [0.05, 0.1) is 13.7 Å². The molecule has 0 aliphatic rings. The fourth-order valence-corrected chi connectivity index (χ4v) is 5.00. The lowest BCUT2D eigenvalue weighted by molar-refractivity contribution is 0.155. The van der Waals surface area contributed by atoms with Crippen LogP contribution in [0.2, 0.25) is 0 Å². The predicted molar refractivity (Wildman–Crippen MR) is 98.9 cm³/mol. The van der Waals surface area contributed by atoms with Crippen molar-refractivity contribution < 1.29 is 4.52 Å². The van der Waals surface area contributed by atoms with E-state index in [4.69, 9.17) is 4.52 Å². The van der Waals surface area contributed by atoms with E-state index in [1.807, 2.05) is 0 Å². The van der Waals surface area contributed by atoms with E-state index in [-0.39, 0.29) is 5.60 Å². The van der Waals surface area contributed by atoms with Gasteiger partial charge in [0, 0.05) is 10.6 Å². The minimum Gasteiger partial charge on any atom is -0.344 e. The van der Waals surface area contributed by atoms with Crippen LogP contribution in [0.3, 0.4) is 0 Å². The summed E-state index contributed by atoms with van der Waals surface area (Å²) < 4.78 is 6.49. The molecule has 0 aliphatic heterocycles. The Morgan fingerprint density at radius 1 is 0.636 bits per heavy atom. The third-order valence-corrected chi connectivity index (χ3v) is 5.43. The summed E-state index contributed by atoms with van der Waals surface area (Å²) in [6.07, 6.45) is 0. The monoisotopic (exact) mass is 314 g/mol. The second kappa shape index (κ2) is 6.52. The molecule has 0 aromatic heterocycles. The van der Waals surface area contributed by atoms with Gasteiger partial charge in [-0.1, -0.05) is 34.4 Å². The predicted octanol–water partition coefficient (Wildman–Crippen LogP) is 5.08. The first-order valence-corrected chi connectivity index (χ1v) is 9.06. The van der Waals surface area contributed by atoms with Crippen LogP contribution in [0.25, 0.3) is 0 Å². The third kappa shape index (κ3) is 4.66. The number of benzene rings is 2. The maximum Gasteiger partial charge on any atom is 0.0925 e. The zero-order chi connectivity index (χ0) is 16.5. The van der Waals surface area contributed by atoms with Crippen LogP contribution in [0.5, 0.6) is 0 Å². The highest BCUT2D eigenvalue weighted by Gasteiger charge is 2.23. The van der Waals surface area contributed by atoms with Gasteiger partial charge in [-0.3, -0.25) is 0 Å². The Balaban J connectivity index is 2.55. The van der Waals surface area contributed by atoms with Crippen LogP contribution in [0.4, 0.5) is 0 Å². The van der Waals surface area contributed by atoms with E-state index in [2.05, 4.69) is 84.9 Å². The molecular formula is C20H27OP. The molecule has 2 aromatic carbocycles. The summed E-state index contributed by atoms with van der Waals surface area (Å²) in [5, 5.41) is 2.60. The van der Waals surface area contributed by atoms with Gasteiger partial charge in [-0.15, -0.1) is 0 Å². The fraction of sp³-hybridized carbons (Fsp3) is 0.400. The molecule has 2 aromatic rings. The molecule has 0 unspecified atom stereocenters. The maximum atomic E-state index is 6.49. The second-order valence-corrected chi connectivity index (χ2v) is 8.99. The quantitative estimate of drug-likeness (QED) is 0.718. The van der Waals surface area contributed by atoms with Crippen LogP contribution in [-0.2, 0) is 4.52 Å². The van der Waals surface area contributed by atoms with Gasteiger partial charge in [-0.25, -0.2) is 0 Å². The number of hydrogen-bond acceptors (Lipinski definition) is 1. The topological polar surface area (TPSA) is 9.23 Å². The molecule has 0 N–H and O–H groups in total. The average molecular weight is 314 g/mol. The highest BCUT2D eigenvalue weighted by Crippen LogP contribution is 2.40. The van der Waals surface area contributed by atoms with Gasteiger partial charge < -0.3 is 4.52 Å². The molecule has 2 rings (SSSR count). The summed E-state index contributed by atoms with van der Waals surface area (Å²) in [5.41, 5.74) is 5.02. The van der Waals surface area contributed by atoms with E-state index in [1.54, 1.807) is 0 Å². The second-order valence-electron chi connectivity index (χ2n) is 7.19. The van der Waals surface area contributed by atoms with Crippen molar-refractivity contribution in [1.29, 1.82) is 0 Å². The molecule has 1 nitrogen and oxygen atoms in total. The van der Waals surface area contributed by atoms with Crippen molar-refractivity contribution in [2.75, 3.05) is 0 Å². The van der Waals surface area contributed by atoms with Crippen molar-refractivity contribution in [3.63, 3.8) is 0 Å². The Morgan fingerprint density at radius 2 is 0.955 bits per heavy atom. The van der Waals surface area contributed by atoms with Crippen LogP contribution in [-0.4, -0.2) is 5.60 Å². The lowest BCUT2D eigenvalue weighted by Crippen LogP contribution is -2.24. The first kappa shape index (κ1) is 17.2. The maximum absolute atomic E-state index is 6.49. The molecule has 22 heavy (non-hydrogen) atoms. The summed E-state index contributed by atoms with van der Waals surface area (Å²) in [5.74, 6) is 0. The lowest BCUT2D eigenvalue weighted by atomic mass is 10.2. The SMILES string of the molecule is Cc1cc(C)cc(P(OC(C)(C)C)c2cc(C)cc(C)c2)c1. The third-order valence-electron chi connectivity index (χ3n) is 3.25. The van der Waals surface area contributed by atoms with Crippen molar-refractivity contribution in [3.8, 4) is 0 Å². The Hall–Kier alpha value is -1.17. The number of aryl methyl sites for hydroxylation is 4. The van der Waals surface area contributed by atoms with Gasteiger partial charge in [0.25, 0.3) is 0 Å². The highest BCUT2D eigenvalue weighted by molar-refractivity contribution is 7.68. The van der Waals surface area contributed by atoms with Crippen LogP contribution in [0.15, 0.2) is 36.4 Å². The van der Waals surface area contributed by atoms with Gasteiger partial charge in [0.2, 0.25) is 0 Å². The standard InChI is InChI=1S/C20H27OP/c1-14-8-15(2)11-18(10-14)22(21-20(5,6)7)19-12-16(3)9-17(4)13-19/h8-13H,1-7H3. The molecule has 2 heteroatoms. The van der Waals surface area contributed by atoms with Crippen molar-refractivity contribution >= 4 is 18.8 Å². The molecule has 0 bridgehead atoms. The smallest absolute Gasteiger partial charge is 0.0925 e. The van der Waals surface area contributed by atoms with E-state index in [0.717, 1.165) is 0 Å². The molecule has 0 aliphatic carbocycles. The summed E-state index contributed by atoms with van der Waals surface area (Å²) in [6, 6.07) is 13.5. The van der Waals surface area contributed by atoms with Gasteiger partial charge in [0.15, 0.2) is 0 Å². The molecule has 0 radical (unpaired) electrons. The summed E-state index contributed by atoms with van der Waals surface area (Å²) in [6.45, 7) is 15.0. The van der Waals surface area contributed by atoms with Gasteiger partial charge in [0.1, 0.15) is 0 Å². The zero-order valence-electron chi connectivity index (χ0n) is 14.8. The molecule has 0 spiro atoms. The molecule has 0 fully saturated rings. The summed E-state index contributed by atoms with van der Waals surface area (Å²) in [4.78, 5) is 0. The largest absolute Gasteiger partial charge is 0.344 e. The fourth-order valence-electron chi connectivity index (χ4n) is 2.66. The first-order chi connectivity index (χ1) is 10.1. The van der Waals surface area contributed by atoms with E-state index in [9.17, 15) is 0 Å². The molecule has 0 amide bonds. The van der Waals surface area contributed by atoms with Crippen molar-refractivity contribution in [1.82, 2.24) is 0 Å². The van der Waals surface area contributed by atoms with Crippen molar-refractivity contribution in [2.45, 2.75) is 54.1 Å². The van der Waals surface area contributed by atoms with Crippen molar-refractivity contribution in [3.05, 3.63) is 58.7 Å². The normalized spacial score (nSPS) is 12.0. The molecule has 0 atom stereocenters. The minimum absolute atomic E-state index is 0.166. The Labute approximate surface area is 136 Å². The van der Waals surface area contributed by atoms with Gasteiger partial charge >= 0.3 is 0 Å². The van der Waals surface area contributed by atoms with E-state index >= 15 is 0 Å². The number of hydrogen-bond donors (Lipinski definition) is 0. The van der Waals surface area contributed by atoms with Crippen LogP contribution in [0, 0.1) is 27.7 Å². The lowest BCUT2D eigenvalue weighted by Gasteiger charge is -2.28. The van der Waals surface area contributed by atoms with Crippen LogP contribution >= 0.6 is 8.15 Å². The molecule has 118 valence electrons. The molecular weight excluding hydrogens is 287 g/mol. The van der Waals surface area contributed by atoms with E-state index in [1.165, 1.54) is 32.9 Å². The van der Waals surface area contributed by atoms with Crippen molar-refractivity contribution in [2.24, 2.45) is 0 Å². The Bertz CT molecular complexity index is 576. The highest BCUT2D eigenvalue weighted by atomic mass is 31.1. The average Bonchev–Trinajstić information content (AvgIpc) is 2.32. The zero-order valence-corrected chi connectivity index (χ0v) is 15.7. The van der Waals surface area contributed by atoms with Crippen LogP contribution < -0.4 is 10.6 Å². The van der Waals surface area contributed by atoms with E-state index in [0.29, 0.717) is 0 Å². The van der Waals surface area contributed by atoms with Gasteiger partial charge in [-0.05, 0) is 72.7 Å². The number of rotatable bonds is 3. The molecule has 0 saturated carbocycles. The van der Waals surface area contributed by atoms with E-state index < -0.39 is 8.15 Å². The Morgan fingerprint density at radius 3 is 1.23 bits per heavy atom. The summed E-state index contributed by atoms with van der Waals surface area (Å²) in [7, 11) is -0.804. The Kier molecular flexibility index (Phi) is 5.10. The first-order valence-electron chi connectivity index (χ1n) is 7.80. The molecule has 0 saturated heterocycles. The summed E-state index contributed by atoms with van der Waals surface area (Å²) >= 11 is 0. The molecule has 0 heterocycles.